The Hall–Kier alpha value is -3.85. The largest absolute Gasteiger partial charge is 0.497 e. The van der Waals surface area contributed by atoms with Crippen molar-refractivity contribution in [2.75, 3.05) is 24.3 Å². The summed E-state index contributed by atoms with van der Waals surface area (Å²) in [5.74, 6) is 0.314. The van der Waals surface area contributed by atoms with Gasteiger partial charge in [0.25, 0.3) is 10.0 Å². The Balaban J connectivity index is 1.65. The SMILES string of the molecule is COc1ccc(OC)c(/C=C/C(=O)Nc2ccc(NS(=O)(=O)c3ccc(F)cc3)cc2)c1. The van der Waals surface area contributed by atoms with Crippen LogP contribution in [0.4, 0.5) is 15.8 Å². The number of amides is 1. The van der Waals surface area contributed by atoms with E-state index in [-0.39, 0.29) is 10.8 Å². The molecule has 3 aromatic rings. The van der Waals surface area contributed by atoms with E-state index in [2.05, 4.69) is 10.0 Å². The zero-order valence-electron chi connectivity index (χ0n) is 17.3. The molecule has 0 spiro atoms. The molecular formula is C23H21FN2O5S. The summed E-state index contributed by atoms with van der Waals surface area (Å²) in [5, 5.41) is 2.69. The molecule has 0 atom stereocenters. The Morgan fingerprint density at radius 2 is 1.56 bits per heavy atom. The standard InChI is InChI=1S/C23H21FN2O5S/c1-30-20-10-13-22(31-2)16(15-20)3-14-23(27)25-18-6-8-19(9-7-18)26-32(28,29)21-11-4-17(24)5-12-21/h3-15,26H,1-2H3,(H,25,27)/b14-3+. The van der Waals surface area contributed by atoms with Crippen molar-refractivity contribution in [3.8, 4) is 11.5 Å². The van der Waals surface area contributed by atoms with Crippen molar-refractivity contribution in [2.24, 2.45) is 0 Å². The Morgan fingerprint density at radius 3 is 2.19 bits per heavy atom. The minimum absolute atomic E-state index is 0.0608. The number of hydrogen-bond donors (Lipinski definition) is 2. The quantitative estimate of drug-likeness (QED) is 0.493. The van der Waals surface area contributed by atoms with Crippen LogP contribution < -0.4 is 19.5 Å². The van der Waals surface area contributed by atoms with Crippen LogP contribution in [0.2, 0.25) is 0 Å². The molecule has 0 radical (unpaired) electrons. The first-order chi connectivity index (χ1) is 15.3. The van der Waals surface area contributed by atoms with E-state index in [0.29, 0.717) is 28.4 Å². The van der Waals surface area contributed by atoms with Crippen LogP contribution in [0.1, 0.15) is 5.56 Å². The van der Waals surface area contributed by atoms with Gasteiger partial charge in [0, 0.05) is 23.0 Å². The Labute approximate surface area is 185 Å². The third-order valence-corrected chi connectivity index (χ3v) is 5.78. The molecular weight excluding hydrogens is 435 g/mol. The minimum Gasteiger partial charge on any atom is -0.497 e. The highest BCUT2D eigenvalue weighted by atomic mass is 32.2. The zero-order valence-corrected chi connectivity index (χ0v) is 18.1. The highest BCUT2D eigenvalue weighted by Gasteiger charge is 2.14. The fourth-order valence-electron chi connectivity index (χ4n) is 2.77. The number of methoxy groups -OCH3 is 2. The van der Waals surface area contributed by atoms with Crippen LogP contribution >= 0.6 is 0 Å². The van der Waals surface area contributed by atoms with Gasteiger partial charge in [0.05, 0.1) is 19.1 Å². The Kier molecular flexibility index (Phi) is 7.11. The molecule has 7 nitrogen and oxygen atoms in total. The molecule has 0 fully saturated rings. The Bertz CT molecular complexity index is 1220. The molecule has 1 amide bonds. The van der Waals surface area contributed by atoms with Crippen molar-refractivity contribution in [2.45, 2.75) is 4.90 Å². The number of benzene rings is 3. The van der Waals surface area contributed by atoms with E-state index >= 15 is 0 Å². The lowest BCUT2D eigenvalue weighted by molar-refractivity contribution is -0.111. The monoisotopic (exact) mass is 456 g/mol. The third kappa shape index (κ3) is 5.86. The first kappa shape index (κ1) is 22.8. The topological polar surface area (TPSA) is 93.7 Å². The molecule has 32 heavy (non-hydrogen) atoms. The predicted octanol–water partition coefficient (Wildman–Crippen LogP) is 4.30. The molecule has 0 saturated heterocycles. The fraction of sp³-hybridized carbons (Fsp3) is 0.0870. The molecule has 0 aliphatic heterocycles. The molecule has 0 aromatic heterocycles. The molecule has 2 N–H and O–H groups in total. The van der Waals surface area contributed by atoms with Crippen LogP contribution in [0, 0.1) is 5.82 Å². The third-order valence-electron chi connectivity index (χ3n) is 4.38. The summed E-state index contributed by atoms with van der Waals surface area (Å²) in [7, 11) is -0.775. The van der Waals surface area contributed by atoms with Crippen molar-refractivity contribution >= 4 is 33.4 Å². The lowest BCUT2D eigenvalue weighted by Crippen LogP contribution is -2.13. The van der Waals surface area contributed by atoms with E-state index in [1.54, 1.807) is 43.5 Å². The van der Waals surface area contributed by atoms with Gasteiger partial charge in [0.15, 0.2) is 0 Å². The van der Waals surface area contributed by atoms with E-state index in [1.807, 2.05) is 0 Å². The van der Waals surface area contributed by atoms with Gasteiger partial charge in [-0.05, 0) is 72.8 Å². The molecule has 9 heteroatoms. The molecule has 0 aliphatic rings. The number of carbonyl (C=O) groups is 1. The summed E-state index contributed by atoms with van der Waals surface area (Å²) in [6.07, 6.45) is 2.95. The molecule has 0 heterocycles. The van der Waals surface area contributed by atoms with Gasteiger partial charge in [-0.25, -0.2) is 12.8 Å². The number of carbonyl (C=O) groups excluding carboxylic acids is 1. The lowest BCUT2D eigenvalue weighted by Gasteiger charge is -2.09. The summed E-state index contributed by atoms with van der Waals surface area (Å²) >= 11 is 0. The van der Waals surface area contributed by atoms with Gasteiger partial charge in [-0.15, -0.1) is 0 Å². The average Bonchev–Trinajstić information content (AvgIpc) is 2.79. The second-order valence-electron chi connectivity index (χ2n) is 6.57. The molecule has 3 aromatic carbocycles. The summed E-state index contributed by atoms with van der Waals surface area (Å²) in [6, 6.07) is 15.8. The van der Waals surface area contributed by atoms with E-state index in [0.717, 1.165) is 12.1 Å². The van der Waals surface area contributed by atoms with Crippen molar-refractivity contribution in [1.29, 1.82) is 0 Å². The molecule has 0 bridgehead atoms. The van der Waals surface area contributed by atoms with Gasteiger partial charge < -0.3 is 14.8 Å². The number of hydrogen-bond acceptors (Lipinski definition) is 5. The number of sulfonamides is 1. The van der Waals surface area contributed by atoms with Crippen LogP contribution in [-0.2, 0) is 14.8 Å². The maximum absolute atomic E-state index is 13.0. The van der Waals surface area contributed by atoms with Crippen LogP contribution in [0.15, 0.2) is 77.7 Å². The molecule has 3 rings (SSSR count). The van der Waals surface area contributed by atoms with Crippen molar-refractivity contribution in [1.82, 2.24) is 0 Å². The lowest BCUT2D eigenvalue weighted by atomic mass is 10.1. The van der Waals surface area contributed by atoms with E-state index < -0.39 is 15.8 Å². The van der Waals surface area contributed by atoms with Gasteiger partial charge in [0.2, 0.25) is 5.91 Å². The summed E-state index contributed by atoms with van der Waals surface area (Å²) in [4.78, 5) is 12.2. The summed E-state index contributed by atoms with van der Waals surface area (Å²) < 4.78 is 50.6. The van der Waals surface area contributed by atoms with Gasteiger partial charge in [-0.3, -0.25) is 9.52 Å². The van der Waals surface area contributed by atoms with Crippen molar-refractivity contribution < 1.29 is 27.1 Å². The van der Waals surface area contributed by atoms with E-state index in [1.165, 1.54) is 37.5 Å². The number of nitrogens with one attached hydrogen (secondary N) is 2. The first-order valence-corrected chi connectivity index (χ1v) is 10.9. The van der Waals surface area contributed by atoms with E-state index in [9.17, 15) is 17.6 Å². The second-order valence-corrected chi connectivity index (χ2v) is 8.25. The van der Waals surface area contributed by atoms with Gasteiger partial charge in [0.1, 0.15) is 17.3 Å². The Morgan fingerprint density at radius 1 is 0.906 bits per heavy atom. The predicted molar refractivity (Wildman–Crippen MR) is 121 cm³/mol. The van der Waals surface area contributed by atoms with Gasteiger partial charge >= 0.3 is 0 Å². The van der Waals surface area contributed by atoms with E-state index in [4.69, 9.17) is 9.47 Å². The van der Waals surface area contributed by atoms with Crippen molar-refractivity contribution in [3.05, 3.63) is 84.2 Å². The molecule has 166 valence electrons. The highest BCUT2D eigenvalue weighted by Crippen LogP contribution is 2.25. The summed E-state index contributed by atoms with van der Waals surface area (Å²) in [6.45, 7) is 0. The molecule has 0 aliphatic carbocycles. The number of halogens is 1. The first-order valence-electron chi connectivity index (χ1n) is 9.40. The number of anilines is 2. The highest BCUT2D eigenvalue weighted by molar-refractivity contribution is 7.92. The van der Waals surface area contributed by atoms with Crippen LogP contribution in [0.5, 0.6) is 11.5 Å². The summed E-state index contributed by atoms with van der Waals surface area (Å²) in [5.41, 5.74) is 1.44. The van der Waals surface area contributed by atoms with Gasteiger partial charge in [-0.1, -0.05) is 0 Å². The molecule has 0 saturated carbocycles. The van der Waals surface area contributed by atoms with Gasteiger partial charge in [-0.2, -0.15) is 0 Å². The van der Waals surface area contributed by atoms with Crippen molar-refractivity contribution in [3.63, 3.8) is 0 Å². The number of ether oxygens (including phenoxy) is 2. The number of rotatable bonds is 8. The van der Waals surface area contributed by atoms with Crippen LogP contribution in [-0.4, -0.2) is 28.5 Å². The van der Waals surface area contributed by atoms with Crippen LogP contribution in [0.25, 0.3) is 6.08 Å². The minimum atomic E-state index is -3.85. The zero-order chi connectivity index (χ0) is 23.1. The maximum atomic E-state index is 13.0. The smallest absolute Gasteiger partial charge is 0.261 e. The molecule has 0 unspecified atom stereocenters. The average molecular weight is 456 g/mol. The fourth-order valence-corrected chi connectivity index (χ4v) is 3.83. The van der Waals surface area contributed by atoms with Crippen LogP contribution in [0.3, 0.4) is 0 Å². The maximum Gasteiger partial charge on any atom is 0.261 e. The second kappa shape index (κ2) is 9.97. The normalized spacial score (nSPS) is 11.2.